The maximum atomic E-state index is 5.90. The van der Waals surface area contributed by atoms with Crippen LogP contribution in [0, 0.1) is 0 Å². The first-order chi connectivity index (χ1) is 6.79. The molecule has 2 unspecified atom stereocenters. The maximum absolute atomic E-state index is 5.90. The smallest absolute Gasteiger partial charge is 0.0845 e. The summed E-state index contributed by atoms with van der Waals surface area (Å²) in [6, 6.07) is 8.07. The minimum absolute atomic E-state index is 0.499. The molecule has 0 saturated carbocycles. The number of rotatable bonds is 4. The van der Waals surface area contributed by atoms with Gasteiger partial charge >= 0.3 is 0 Å². The highest BCUT2D eigenvalue weighted by molar-refractivity contribution is 6.30. The van der Waals surface area contributed by atoms with E-state index < -0.39 is 0 Å². The molecule has 1 fully saturated rings. The van der Waals surface area contributed by atoms with E-state index in [-0.39, 0.29) is 0 Å². The zero-order chi connectivity index (χ0) is 9.97. The molecule has 1 aromatic rings. The van der Waals surface area contributed by atoms with E-state index in [1.165, 1.54) is 5.56 Å². The van der Waals surface area contributed by atoms with Crippen molar-refractivity contribution in [3.8, 4) is 0 Å². The fourth-order valence-electron chi connectivity index (χ4n) is 1.79. The molecule has 0 aliphatic carbocycles. The second kappa shape index (κ2) is 4.33. The van der Waals surface area contributed by atoms with Crippen molar-refractivity contribution in [2.24, 2.45) is 0 Å². The van der Waals surface area contributed by atoms with Gasteiger partial charge in [0.25, 0.3) is 0 Å². The van der Waals surface area contributed by atoms with Gasteiger partial charge in [-0.2, -0.15) is 0 Å². The van der Waals surface area contributed by atoms with Crippen LogP contribution in [0.3, 0.4) is 0 Å². The van der Waals surface area contributed by atoms with Gasteiger partial charge in [-0.15, -0.1) is 0 Å². The quantitative estimate of drug-likeness (QED) is 0.694. The highest BCUT2D eigenvalue weighted by Gasteiger charge is 2.35. The highest BCUT2D eigenvalue weighted by atomic mass is 35.5. The van der Waals surface area contributed by atoms with Crippen molar-refractivity contribution in [2.45, 2.75) is 38.4 Å². The number of aryl methyl sites for hydroxylation is 1. The van der Waals surface area contributed by atoms with E-state index in [0.717, 1.165) is 24.3 Å². The van der Waals surface area contributed by atoms with Gasteiger partial charge in [0.1, 0.15) is 0 Å². The summed E-state index contributed by atoms with van der Waals surface area (Å²) in [5.41, 5.74) is 1.31. The van der Waals surface area contributed by atoms with Gasteiger partial charge in [-0.05, 0) is 37.0 Å². The molecule has 0 amide bonds. The Balaban J connectivity index is 1.81. The van der Waals surface area contributed by atoms with E-state index >= 15 is 0 Å². The largest absolute Gasteiger partial charge is 0.370 e. The summed E-state index contributed by atoms with van der Waals surface area (Å²) in [7, 11) is 0. The molecule has 2 heteroatoms. The first-order valence-corrected chi connectivity index (χ1v) is 5.57. The Kier molecular flexibility index (Phi) is 3.09. The number of hydrogen-bond acceptors (Lipinski definition) is 1. The van der Waals surface area contributed by atoms with Gasteiger partial charge in [0, 0.05) is 5.02 Å². The molecule has 1 saturated heterocycles. The molecule has 0 N–H and O–H groups in total. The molecule has 76 valence electrons. The van der Waals surface area contributed by atoms with E-state index in [4.69, 9.17) is 16.3 Å². The van der Waals surface area contributed by atoms with Crippen molar-refractivity contribution in [1.82, 2.24) is 0 Å². The SMILES string of the molecule is CCC1OC1CCc1cccc(Cl)c1. The molecule has 0 spiro atoms. The van der Waals surface area contributed by atoms with Crippen LogP contribution < -0.4 is 0 Å². The molecule has 14 heavy (non-hydrogen) atoms. The topological polar surface area (TPSA) is 12.5 Å². The van der Waals surface area contributed by atoms with Crippen LogP contribution in [-0.2, 0) is 11.2 Å². The standard InChI is InChI=1S/C12H15ClO/c1-2-11-12(14-11)7-6-9-4-3-5-10(13)8-9/h3-5,8,11-12H,2,6-7H2,1H3. The summed E-state index contributed by atoms with van der Waals surface area (Å²) in [4.78, 5) is 0. The average Bonchev–Trinajstić information content (AvgIpc) is 2.93. The normalized spacial score (nSPS) is 25.0. The minimum atomic E-state index is 0.499. The Morgan fingerprint density at radius 3 is 2.86 bits per heavy atom. The summed E-state index contributed by atoms with van der Waals surface area (Å²) >= 11 is 5.90. The molecule has 1 aliphatic rings. The van der Waals surface area contributed by atoms with Crippen LogP contribution in [0.25, 0.3) is 0 Å². The minimum Gasteiger partial charge on any atom is -0.370 e. The Morgan fingerprint density at radius 1 is 1.36 bits per heavy atom. The van der Waals surface area contributed by atoms with Gasteiger partial charge in [-0.25, -0.2) is 0 Å². The van der Waals surface area contributed by atoms with Crippen molar-refractivity contribution >= 4 is 11.6 Å². The Bertz CT molecular complexity index is 311. The molecular formula is C12H15ClO. The Labute approximate surface area is 90.0 Å². The number of halogens is 1. The number of ether oxygens (including phenoxy) is 1. The van der Waals surface area contributed by atoms with Gasteiger partial charge in [-0.3, -0.25) is 0 Å². The lowest BCUT2D eigenvalue weighted by Gasteiger charge is -1.99. The monoisotopic (exact) mass is 210 g/mol. The van der Waals surface area contributed by atoms with Crippen LogP contribution in [0.5, 0.6) is 0 Å². The van der Waals surface area contributed by atoms with Crippen molar-refractivity contribution < 1.29 is 4.74 Å². The molecule has 1 aliphatic heterocycles. The Morgan fingerprint density at radius 2 is 2.21 bits per heavy atom. The lowest BCUT2D eigenvalue weighted by atomic mass is 10.1. The third kappa shape index (κ3) is 2.49. The second-order valence-corrected chi connectivity index (χ2v) is 4.23. The fourth-order valence-corrected chi connectivity index (χ4v) is 2.01. The van der Waals surface area contributed by atoms with E-state index in [1.807, 2.05) is 18.2 Å². The second-order valence-electron chi connectivity index (χ2n) is 3.79. The van der Waals surface area contributed by atoms with Crippen molar-refractivity contribution in [3.05, 3.63) is 34.9 Å². The molecule has 2 atom stereocenters. The molecular weight excluding hydrogens is 196 g/mol. The first-order valence-electron chi connectivity index (χ1n) is 5.19. The predicted octanol–water partition coefficient (Wildman–Crippen LogP) is 3.45. The highest BCUT2D eigenvalue weighted by Crippen LogP contribution is 2.29. The van der Waals surface area contributed by atoms with E-state index in [0.29, 0.717) is 12.2 Å². The van der Waals surface area contributed by atoms with Gasteiger partial charge in [-0.1, -0.05) is 30.7 Å². The van der Waals surface area contributed by atoms with Gasteiger partial charge in [0.2, 0.25) is 0 Å². The van der Waals surface area contributed by atoms with Gasteiger partial charge in [0.05, 0.1) is 12.2 Å². The lowest BCUT2D eigenvalue weighted by molar-refractivity contribution is 0.360. The molecule has 1 nitrogen and oxygen atoms in total. The van der Waals surface area contributed by atoms with Gasteiger partial charge < -0.3 is 4.74 Å². The molecule has 1 heterocycles. The maximum Gasteiger partial charge on any atom is 0.0845 e. The summed E-state index contributed by atoms with van der Waals surface area (Å²) in [6.07, 6.45) is 4.36. The predicted molar refractivity (Wildman–Crippen MR) is 58.7 cm³/mol. The van der Waals surface area contributed by atoms with Crippen molar-refractivity contribution in [2.75, 3.05) is 0 Å². The zero-order valence-corrected chi connectivity index (χ0v) is 9.13. The number of epoxide rings is 1. The van der Waals surface area contributed by atoms with Crippen LogP contribution in [0.15, 0.2) is 24.3 Å². The van der Waals surface area contributed by atoms with Crippen LogP contribution in [0.4, 0.5) is 0 Å². The third-order valence-corrected chi connectivity index (χ3v) is 2.93. The first kappa shape index (κ1) is 10.0. The lowest BCUT2D eigenvalue weighted by Crippen LogP contribution is -1.95. The fraction of sp³-hybridized carbons (Fsp3) is 0.500. The summed E-state index contributed by atoms with van der Waals surface area (Å²) < 4.78 is 5.49. The van der Waals surface area contributed by atoms with Crippen LogP contribution >= 0.6 is 11.6 Å². The van der Waals surface area contributed by atoms with E-state index in [2.05, 4.69) is 13.0 Å². The summed E-state index contributed by atoms with van der Waals surface area (Å²) in [5, 5.41) is 0.825. The van der Waals surface area contributed by atoms with E-state index in [9.17, 15) is 0 Å². The summed E-state index contributed by atoms with van der Waals surface area (Å²) in [5.74, 6) is 0. The van der Waals surface area contributed by atoms with Crippen molar-refractivity contribution in [1.29, 1.82) is 0 Å². The molecule has 0 radical (unpaired) electrons. The number of benzene rings is 1. The van der Waals surface area contributed by atoms with Gasteiger partial charge in [0.15, 0.2) is 0 Å². The van der Waals surface area contributed by atoms with E-state index in [1.54, 1.807) is 0 Å². The third-order valence-electron chi connectivity index (χ3n) is 2.70. The molecule has 0 aromatic heterocycles. The van der Waals surface area contributed by atoms with Crippen LogP contribution in [0.1, 0.15) is 25.3 Å². The Hall–Kier alpha value is -0.530. The molecule has 0 bridgehead atoms. The average molecular weight is 211 g/mol. The zero-order valence-electron chi connectivity index (χ0n) is 8.37. The van der Waals surface area contributed by atoms with Crippen molar-refractivity contribution in [3.63, 3.8) is 0 Å². The van der Waals surface area contributed by atoms with Crippen LogP contribution in [-0.4, -0.2) is 12.2 Å². The van der Waals surface area contributed by atoms with Crippen LogP contribution in [0.2, 0.25) is 5.02 Å². The molecule has 2 rings (SSSR count). The summed E-state index contributed by atoms with van der Waals surface area (Å²) in [6.45, 7) is 2.17. The number of hydrogen-bond donors (Lipinski definition) is 0. The molecule has 1 aromatic carbocycles.